The Morgan fingerprint density at radius 2 is 1.63 bits per heavy atom. The van der Waals surface area contributed by atoms with Crippen molar-refractivity contribution in [3.63, 3.8) is 0 Å². The second-order valence-corrected chi connectivity index (χ2v) is 9.04. The summed E-state index contributed by atoms with van der Waals surface area (Å²) in [6, 6.07) is 23.3. The minimum Gasteiger partial charge on any atom is -0.323 e. The molecule has 1 heterocycles. The third kappa shape index (κ3) is 4.01. The monoisotopic (exact) mass is 419 g/mol. The summed E-state index contributed by atoms with van der Waals surface area (Å²) < 4.78 is 30.6. The second-order valence-electron chi connectivity index (χ2n) is 7.30. The van der Waals surface area contributed by atoms with Crippen LogP contribution in [0.3, 0.4) is 0 Å². The number of para-hydroxylation sites is 2. The van der Waals surface area contributed by atoms with Gasteiger partial charge in [0.05, 0.1) is 15.9 Å². The Hall–Kier alpha value is -2.96. The first-order valence-electron chi connectivity index (χ1n) is 10.1. The molecule has 0 unspecified atom stereocenters. The van der Waals surface area contributed by atoms with E-state index in [1.54, 1.807) is 12.1 Å². The van der Waals surface area contributed by atoms with Crippen LogP contribution in [0.1, 0.15) is 18.1 Å². The fourth-order valence-corrected chi connectivity index (χ4v) is 4.98. The van der Waals surface area contributed by atoms with Gasteiger partial charge in [-0.2, -0.15) is 0 Å². The van der Waals surface area contributed by atoms with E-state index < -0.39 is 10.0 Å². The highest BCUT2D eigenvalue weighted by Crippen LogP contribution is 2.25. The standard InChI is InChI=1S/C24H25N3O2S/c1-3-19-8-4-7-11-23(19)30(28,29)25-16-17-27-22-10-6-5-9-21(22)26-24(27)20-14-12-18(2)13-15-20/h4-15,25H,3,16-17H2,1-2H3. The van der Waals surface area contributed by atoms with Gasteiger partial charge in [-0.05, 0) is 37.1 Å². The lowest BCUT2D eigenvalue weighted by molar-refractivity contribution is 0.573. The van der Waals surface area contributed by atoms with Crippen LogP contribution in [0.4, 0.5) is 0 Å². The molecule has 154 valence electrons. The molecule has 4 aromatic rings. The number of benzene rings is 3. The summed E-state index contributed by atoms with van der Waals surface area (Å²) in [7, 11) is -3.58. The number of aromatic nitrogens is 2. The van der Waals surface area contributed by atoms with Crippen LogP contribution < -0.4 is 4.72 Å². The molecule has 3 aromatic carbocycles. The van der Waals surface area contributed by atoms with Crippen molar-refractivity contribution >= 4 is 21.1 Å². The van der Waals surface area contributed by atoms with E-state index >= 15 is 0 Å². The van der Waals surface area contributed by atoms with E-state index in [1.807, 2.05) is 43.3 Å². The second kappa shape index (κ2) is 8.42. The van der Waals surface area contributed by atoms with Crippen molar-refractivity contribution in [2.24, 2.45) is 0 Å². The van der Waals surface area contributed by atoms with E-state index in [-0.39, 0.29) is 6.54 Å². The molecule has 0 aliphatic heterocycles. The molecule has 0 saturated carbocycles. The maximum absolute atomic E-state index is 12.9. The van der Waals surface area contributed by atoms with Gasteiger partial charge in [0.15, 0.2) is 0 Å². The topological polar surface area (TPSA) is 64.0 Å². The predicted octanol–water partition coefficient (Wildman–Crippen LogP) is 4.55. The number of nitrogens with one attached hydrogen (secondary N) is 1. The summed E-state index contributed by atoms with van der Waals surface area (Å²) in [6.07, 6.45) is 0.667. The van der Waals surface area contributed by atoms with Crippen LogP contribution in [-0.2, 0) is 23.0 Å². The largest absolute Gasteiger partial charge is 0.323 e. The zero-order chi connectivity index (χ0) is 21.1. The summed E-state index contributed by atoms with van der Waals surface area (Å²) in [4.78, 5) is 5.15. The van der Waals surface area contributed by atoms with E-state index in [4.69, 9.17) is 4.98 Å². The summed E-state index contributed by atoms with van der Waals surface area (Å²) in [6.45, 7) is 4.77. The van der Waals surface area contributed by atoms with Crippen LogP contribution in [0.5, 0.6) is 0 Å². The lowest BCUT2D eigenvalue weighted by Crippen LogP contribution is -2.28. The molecule has 0 bridgehead atoms. The molecule has 1 aromatic heterocycles. The highest BCUT2D eigenvalue weighted by Gasteiger charge is 2.18. The molecule has 0 fully saturated rings. The normalized spacial score (nSPS) is 11.8. The van der Waals surface area contributed by atoms with E-state index in [0.717, 1.165) is 28.0 Å². The van der Waals surface area contributed by atoms with Crippen LogP contribution in [0.25, 0.3) is 22.4 Å². The zero-order valence-electron chi connectivity index (χ0n) is 17.2. The smallest absolute Gasteiger partial charge is 0.240 e. The Balaban J connectivity index is 1.62. The van der Waals surface area contributed by atoms with E-state index in [1.165, 1.54) is 5.56 Å². The van der Waals surface area contributed by atoms with E-state index in [0.29, 0.717) is 17.9 Å². The van der Waals surface area contributed by atoms with Crippen LogP contribution in [-0.4, -0.2) is 24.5 Å². The van der Waals surface area contributed by atoms with Gasteiger partial charge in [-0.25, -0.2) is 18.1 Å². The third-order valence-electron chi connectivity index (χ3n) is 5.23. The van der Waals surface area contributed by atoms with Gasteiger partial charge in [0, 0.05) is 18.7 Å². The van der Waals surface area contributed by atoms with Crippen molar-refractivity contribution in [3.05, 3.63) is 83.9 Å². The Morgan fingerprint density at radius 1 is 0.933 bits per heavy atom. The van der Waals surface area contributed by atoms with Crippen molar-refractivity contribution in [2.75, 3.05) is 6.54 Å². The molecule has 0 spiro atoms. The molecular formula is C24H25N3O2S. The van der Waals surface area contributed by atoms with Crippen LogP contribution >= 0.6 is 0 Å². The maximum atomic E-state index is 12.9. The number of hydrogen-bond acceptors (Lipinski definition) is 3. The SMILES string of the molecule is CCc1ccccc1S(=O)(=O)NCCn1c(-c2ccc(C)cc2)nc2ccccc21. The van der Waals surface area contributed by atoms with Gasteiger partial charge in [-0.15, -0.1) is 0 Å². The molecule has 0 aliphatic carbocycles. The number of hydrogen-bond donors (Lipinski definition) is 1. The minimum atomic E-state index is -3.58. The highest BCUT2D eigenvalue weighted by atomic mass is 32.2. The Kier molecular flexibility index (Phi) is 5.70. The van der Waals surface area contributed by atoms with Crippen molar-refractivity contribution in [1.29, 1.82) is 0 Å². The van der Waals surface area contributed by atoms with Gasteiger partial charge in [0.1, 0.15) is 5.82 Å². The molecular weight excluding hydrogens is 394 g/mol. The third-order valence-corrected chi connectivity index (χ3v) is 6.80. The summed E-state index contributed by atoms with van der Waals surface area (Å²) in [5.74, 6) is 0.837. The van der Waals surface area contributed by atoms with Crippen molar-refractivity contribution < 1.29 is 8.42 Å². The van der Waals surface area contributed by atoms with Gasteiger partial charge in [-0.3, -0.25) is 0 Å². The Labute approximate surface area is 177 Å². The summed E-state index contributed by atoms with van der Waals surface area (Å²) in [5, 5.41) is 0. The Morgan fingerprint density at radius 3 is 2.40 bits per heavy atom. The molecule has 1 N–H and O–H groups in total. The van der Waals surface area contributed by atoms with Crippen LogP contribution in [0, 0.1) is 6.92 Å². The fraction of sp³-hybridized carbons (Fsp3) is 0.208. The van der Waals surface area contributed by atoms with Crippen molar-refractivity contribution in [3.8, 4) is 11.4 Å². The number of rotatable bonds is 7. The average molecular weight is 420 g/mol. The van der Waals surface area contributed by atoms with Gasteiger partial charge in [0.2, 0.25) is 10.0 Å². The highest BCUT2D eigenvalue weighted by molar-refractivity contribution is 7.89. The maximum Gasteiger partial charge on any atom is 0.240 e. The first kappa shape index (κ1) is 20.3. The van der Waals surface area contributed by atoms with Crippen LogP contribution in [0.15, 0.2) is 77.7 Å². The molecule has 0 saturated heterocycles. The number of aryl methyl sites for hydroxylation is 2. The Bertz CT molecular complexity index is 1280. The molecule has 30 heavy (non-hydrogen) atoms. The average Bonchev–Trinajstić information content (AvgIpc) is 3.13. The first-order valence-corrected chi connectivity index (χ1v) is 11.6. The lowest BCUT2D eigenvalue weighted by atomic mass is 10.1. The van der Waals surface area contributed by atoms with Gasteiger partial charge in [0.25, 0.3) is 0 Å². The predicted molar refractivity (Wildman–Crippen MR) is 121 cm³/mol. The molecule has 4 rings (SSSR count). The van der Waals surface area contributed by atoms with Crippen LogP contribution in [0.2, 0.25) is 0 Å². The molecule has 0 atom stereocenters. The first-order chi connectivity index (χ1) is 14.5. The minimum absolute atomic E-state index is 0.277. The van der Waals surface area contributed by atoms with E-state index in [9.17, 15) is 8.42 Å². The van der Waals surface area contributed by atoms with Crippen molar-refractivity contribution in [2.45, 2.75) is 31.7 Å². The zero-order valence-corrected chi connectivity index (χ0v) is 18.0. The molecule has 0 radical (unpaired) electrons. The number of fused-ring (bicyclic) bond motifs is 1. The van der Waals surface area contributed by atoms with Gasteiger partial charge in [-0.1, -0.05) is 67.1 Å². The fourth-order valence-electron chi connectivity index (χ4n) is 3.65. The number of imidazole rings is 1. The van der Waals surface area contributed by atoms with Gasteiger partial charge < -0.3 is 4.57 Å². The quantitative estimate of drug-likeness (QED) is 0.478. The van der Waals surface area contributed by atoms with E-state index in [2.05, 4.69) is 40.5 Å². The molecule has 6 heteroatoms. The van der Waals surface area contributed by atoms with Gasteiger partial charge >= 0.3 is 0 Å². The number of sulfonamides is 1. The summed E-state index contributed by atoms with van der Waals surface area (Å²) >= 11 is 0. The number of nitrogens with zero attached hydrogens (tertiary/aromatic N) is 2. The van der Waals surface area contributed by atoms with Crippen molar-refractivity contribution in [1.82, 2.24) is 14.3 Å². The lowest BCUT2D eigenvalue weighted by Gasteiger charge is -2.13. The molecule has 5 nitrogen and oxygen atoms in total. The summed E-state index contributed by atoms with van der Waals surface area (Å²) in [5.41, 5.74) is 4.90. The molecule has 0 amide bonds. The molecule has 0 aliphatic rings.